The number of hydrogen-bond acceptors (Lipinski definition) is 2. The van der Waals surface area contributed by atoms with Crippen molar-refractivity contribution in [2.45, 2.75) is 70.5 Å². The van der Waals surface area contributed by atoms with Gasteiger partial charge in [-0.25, -0.2) is 0 Å². The Balaban J connectivity index is 1.48. The van der Waals surface area contributed by atoms with Gasteiger partial charge < -0.3 is 14.8 Å². The van der Waals surface area contributed by atoms with Crippen LogP contribution in [0.4, 0.5) is 0 Å². The van der Waals surface area contributed by atoms with Gasteiger partial charge in [-0.15, -0.1) is 0 Å². The van der Waals surface area contributed by atoms with Crippen molar-refractivity contribution >= 4 is 16.8 Å². The molecule has 0 aliphatic carbocycles. The Hall–Kier alpha value is -1.81. The first kappa shape index (κ1) is 17.6. The molecule has 4 rings (SSSR count). The Morgan fingerprint density at radius 3 is 2.88 bits per heavy atom. The third kappa shape index (κ3) is 3.39. The molecule has 0 saturated carbocycles. The van der Waals surface area contributed by atoms with E-state index in [0.29, 0.717) is 11.9 Å². The molecule has 2 aliphatic heterocycles. The van der Waals surface area contributed by atoms with Gasteiger partial charge in [0.2, 0.25) is 5.91 Å². The molecule has 1 aromatic carbocycles. The predicted octanol–water partition coefficient (Wildman–Crippen LogP) is 3.73. The summed E-state index contributed by atoms with van der Waals surface area (Å²) in [5, 5.41) is 4.72. The van der Waals surface area contributed by atoms with Crippen LogP contribution in [0.15, 0.2) is 30.3 Å². The molecule has 140 valence electrons. The van der Waals surface area contributed by atoms with E-state index in [-0.39, 0.29) is 6.04 Å². The molecule has 2 aliphatic rings. The van der Waals surface area contributed by atoms with E-state index in [2.05, 4.69) is 52.0 Å². The highest BCUT2D eigenvalue weighted by Gasteiger charge is 2.32. The number of rotatable bonds is 5. The molecule has 2 saturated heterocycles. The van der Waals surface area contributed by atoms with Crippen LogP contribution in [0.1, 0.15) is 51.1 Å². The van der Waals surface area contributed by atoms with Crippen LogP contribution in [0.5, 0.6) is 0 Å². The van der Waals surface area contributed by atoms with Gasteiger partial charge in [0.05, 0.1) is 6.04 Å². The molecule has 2 aromatic rings. The zero-order chi connectivity index (χ0) is 17.9. The molecule has 1 aromatic heterocycles. The van der Waals surface area contributed by atoms with Crippen LogP contribution in [-0.4, -0.2) is 40.5 Å². The van der Waals surface area contributed by atoms with Crippen LogP contribution in [0.2, 0.25) is 0 Å². The highest BCUT2D eigenvalue weighted by atomic mass is 16.2. The Morgan fingerprint density at radius 2 is 2.08 bits per heavy atom. The molecular formula is C22H31N3O. The van der Waals surface area contributed by atoms with Crippen molar-refractivity contribution in [3.63, 3.8) is 0 Å². The molecule has 2 atom stereocenters. The van der Waals surface area contributed by atoms with E-state index < -0.39 is 0 Å². The number of aryl methyl sites for hydroxylation is 2. The fourth-order valence-corrected chi connectivity index (χ4v) is 4.85. The number of nitrogens with one attached hydrogen (secondary N) is 1. The Bertz CT molecular complexity index is 760. The number of hydrogen-bond donors (Lipinski definition) is 1. The summed E-state index contributed by atoms with van der Waals surface area (Å²) in [6.07, 6.45) is 7.83. The van der Waals surface area contributed by atoms with Crippen molar-refractivity contribution in [2.24, 2.45) is 0 Å². The number of nitrogens with zero attached hydrogens (tertiary/aromatic N) is 2. The van der Waals surface area contributed by atoms with Gasteiger partial charge in [-0.05, 0) is 75.9 Å². The van der Waals surface area contributed by atoms with E-state index in [1.807, 2.05) is 0 Å². The van der Waals surface area contributed by atoms with Crippen molar-refractivity contribution in [2.75, 3.05) is 13.1 Å². The normalized spacial score (nSPS) is 23.7. The van der Waals surface area contributed by atoms with E-state index >= 15 is 0 Å². The fourth-order valence-electron chi connectivity index (χ4n) is 4.85. The Labute approximate surface area is 156 Å². The molecule has 0 spiro atoms. The molecule has 1 amide bonds. The summed E-state index contributed by atoms with van der Waals surface area (Å²) in [6.45, 7) is 5.16. The lowest BCUT2D eigenvalue weighted by molar-refractivity contribution is -0.136. The minimum absolute atomic E-state index is 0.0673. The average molecular weight is 354 g/mol. The van der Waals surface area contributed by atoms with Gasteiger partial charge in [-0.3, -0.25) is 4.79 Å². The number of piperidine rings is 1. The van der Waals surface area contributed by atoms with E-state index in [1.165, 1.54) is 23.0 Å². The van der Waals surface area contributed by atoms with Crippen LogP contribution >= 0.6 is 0 Å². The number of aromatic nitrogens is 1. The molecule has 1 N–H and O–H groups in total. The van der Waals surface area contributed by atoms with Gasteiger partial charge in [0.25, 0.3) is 0 Å². The number of likely N-dealkylation sites (tertiary alicyclic amines) is 1. The summed E-state index contributed by atoms with van der Waals surface area (Å²) in [7, 11) is 0. The molecule has 0 bridgehead atoms. The van der Waals surface area contributed by atoms with Gasteiger partial charge in [-0.2, -0.15) is 0 Å². The lowest BCUT2D eigenvalue weighted by Crippen LogP contribution is -2.50. The quantitative estimate of drug-likeness (QED) is 0.889. The zero-order valence-corrected chi connectivity index (χ0v) is 15.9. The van der Waals surface area contributed by atoms with E-state index in [9.17, 15) is 4.79 Å². The number of fused-ring (bicyclic) bond motifs is 1. The van der Waals surface area contributed by atoms with Crippen LogP contribution in [0.3, 0.4) is 0 Å². The zero-order valence-electron chi connectivity index (χ0n) is 15.9. The number of amides is 1. The van der Waals surface area contributed by atoms with Crippen molar-refractivity contribution in [3.8, 4) is 0 Å². The van der Waals surface area contributed by atoms with Gasteiger partial charge in [-0.1, -0.05) is 18.2 Å². The van der Waals surface area contributed by atoms with E-state index in [4.69, 9.17) is 0 Å². The summed E-state index contributed by atoms with van der Waals surface area (Å²) in [5.74, 6) is 0.350. The summed E-state index contributed by atoms with van der Waals surface area (Å²) >= 11 is 0. The maximum absolute atomic E-state index is 12.9. The maximum Gasteiger partial charge on any atom is 0.239 e. The first-order valence-corrected chi connectivity index (χ1v) is 10.4. The lowest BCUT2D eigenvalue weighted by Gasteiger charge is -2.37. The summed E-state index contributed by atoms with van der Waals surface area (Å²) < 4.78 is 2.43. The van der Waals surface area contributed by atoms with E-state index in [1.54, 1.807) is 0 Å². The van der Waals surface area contributed by atoms with Crippen molar-refractivity contribution in [3.05, 3.63) is 36.0 Å². The third-order valence-corrected chi connectivity index (χ3v) is 6.21. The van der Waals surface area contributed by atoms with Crippen molar-refractivity contribution < 1.29 is 4.79 Å². The second-order valence-corrected chi connectivity index (χ2v) is 7.81. The second-order valence-electron chi connectivity index (χ2n) is 7.81. The second kappa shape index (κ2) is 7.83. The highest BCUT2D eigenvalue weighted by molar-refractivity contribution is 5.83. The first-order chi connectivity index (χ1) is 12.8. The minimum Gasteiger partial charge on any atom is -0.345 e. The standard InChI is InChI=1S/C22H31N3O/c1-2-24-19(16-17-8-3-4-11-21(17)24)13-12-18-9-5-6-15-25(18)22(26)20-10-7-14-23-20/h3-4,8,11,16,18,20,23H,2,5-7,9-10,12-15H2,1H3/t18-,20+/m0/s1. The molecule has 26 heavy (non-hydrogen) atoms. The first-order valence-electron chi connectivity index (χ1n) is 10.4. The maximum atomic E-state index is 12.9. The fraction of sp³-hybridized carbons (Fsp3) is 0.591. The van der Waals surface area contributed by atoms with E-state index in [0.717, 1.165) is 58.2 Å². The van der Waals surface area contributed by atoms with Gasteiger partial charge in [0.1, 0.15) is 0 Å². The van der Waals surface area contributed by atoms with Crippen molar-refractivity contribution in [1.82, 2.24) is 14.8 Å². The van der Waals surface area contributed by atoms with Gasteiger partial charge in [0.15, 0.2) is 0 Å². The minimum atomic E-state index is 0.0673. The predicted molar refractivity (Wildman–Crippen MR) is 106 cm³/mol. The SMILES string of the molecule is CCn1c(CC[C@@H]2CCCCN2C(=O)[C@H]2CCCN2)cc2ccccc21. The largest absolute Gasteiger partial charge is 0.345 e. The van der Waals surface area contributed by atoms with Crippen molar-refractivity contribution in [1.29, 1.82) is 0 Å². The molecule has 0 unspecified atom stereocenters. The van der Waals surface area contributed by atoms with Crippen LogP contribution < -0.4 is 5.32 Å². The van der Waals surface area contributed by atoms with Crippen LogP contribution in [0, 0.1) is 0 Å². The van der Waals surface area contributed by atoms with Crippen LogP contribution in [-0.2, 0) is 17.8 Å². The summed E-state index contributed by atoms with van der Waals surface area (Å²) in [4.78, 5) is 15.1. The van der Waals surface area contributed by atoms with Crippen LogP contribution in [0.25, 0.3) is 10.9 Å². The molecular weight excluding hydrogens is 322 g/mol. The lowest BCUT2D eigenvalue weighted by atomic mass is 9.96. The smallest absolute Gasteiger partial charge is 0.239 e. The number of carbonyl (C=O) groups is 1. The Kier molecular flexibility index (Phi) is 5.30. The number of carbonyl (C=O) groups excluding carboxylic acids is 1. The Morgan fingerprint density at radius 1 is 1.19 bits per heavy atom. The number of para-hydroxylation sites is 1. The highest BCUT2D eigenvalue weighted by Crippen LogP contribution is 2.26. The average Bonchev–Trinajstić information content (AvgIpc) is 3.33. The van der Waals surface area contributed by atoms with Gasteiger partial charge in [0, 0.05) is 30.3 Å². The third-order valence-electron chi connectivity index (χ3n) is 6.21. The summed E-state index contributed by atoms with van der Waals surface area (Å²) in [6, 6.07) is 11.5. The number of benzene rings is 1. The molecule has 4 heteroatoms. The summed E-state index contributed by atoms with van der Waals surface area (Å²) in [5.41, 5.74) is 2.74. The molecule has 3 heterocycles. The molecule has 4 nitrogen and oxygen atoms in total. The molecule has 2 fully saturated rings. The topological polar surface area (TPSA) is 37.3 Å². The van der Waals surface area contributed by atoms with Gasteiger partial charge >= 0.3 is 0 Å². The monoisotopic (exact) mass is 353 g/mol. The molecule has 0 radical (unpaired) electrons.